The number of benzene rings is 1. The van der Waals surface area contributed by atoms with E-state index >= 15 is 0 Å². The van der Waals surface area contributed by atoms with Crippen molar-refractivity contribution in [2.45, 2.75) is 39.1 Å². The third-order valence-corrected chi connectivity index (χ3v) is 4.73. The van der Waals surface area contributed by atoms with Crippen LogP contribution in [0.4, 0.5) is 0 Å². The Morgan fingerprint density at radius 1 is 1.29 bits per heavy atom. The van der Waals surface area contributed by atoms with Crippen molar-refractivity contribution in [3.05, 3.63) is 45.7 Å². The third-order valence-electron chi connectivity index (χ3n) is 3.50. The van der Waals surface area contributed by atoms with E-state index in [1.807, 2.05) is 13.8 Å². The molecule has 21 heavy (non-hydrogen) atoms. The van der Waals surface area contributed by atoms with E-state index in [0.29, 0.717) is 0 Å². The summed E-state index contributed by atoms with van der Waals surface area (Å²) < 4.78 is 2.23. The minimum Gasteiger partial charge on any atom is -0.326 e. The summed E-state index contributed by atoms with van der Waals surface area (Å²) in [5.74, 6) is 0.936. The fourth-order valence-corrected chi connectivity index (χ4v) is 3.45. The van der Waals surface area contributed by atoms with Crippen molar-refractivity contribution in [1.82, 2.24) is 14.5 Å². The Hall–Kier alpha value is -1.39. The van der Waals surface area contributed by atoms with Crippen LogP contribution in [0.3, 0.4) is 0 Å². The highest BCUT2D eigenvalue weighted by Crippen LogP contribution is 2.26. The van der Waals surface area contributed by atoms with Crippen LogP contribution in [-0.2, 0) is 13.0 Å². The molecule has 0 N–H and O–H groups in total. The topological polar surface area (TPSA) is 30.7 Å². The molecule has 1 atom stereocenters. The first-order valence-electron chi connectivity index (χ1n) is 7.06. The molecular formula is C16H18ClN3S. The van der Waals surface area contributed by atoms with Gasteiger partial charge < -0.3 is 4.57 Å². The Labute approximate surface area is 133 Å². The second-order valence-electron chi connectivity index (χ2n) is 5.36. The molecule has 0 fully saturated rings. The Bertz CT molecular complexity index is 773. The Balaban J connectivity index is 1.97. The first-order chi connectivity index (χ1) is 10.0. The van der Waals surface area contributed by atoms with E-state index in [2.05, 4.69) is 40.1 Å². The molecule has 1 unspecified atom stereocenters. The largest absolute Gasteiger partial charge is 0.326 e. The number of rotatable bonds is 4. The Kier molecular flexibility index (Phi) is 4.00. The summed E-state index contributed by atoms with van der Waals surface area (Å²) in [5.41, 5.74) is 4.48. The second kappa shape index (κ2) is 5.78. The maximum absolute atomic E-state index is 6.31. The van der Waals surface area contributed by atoms with Crippen LogP contribution in [0, 0.1) is 13.8 Å². The van der Waals surface area contributed by atoms with Crippen molar-refractivity contribution < 1.29 is 0 Å². The zero-order chi connectivity index (χ0) is 15.0. The van der Waals surface area contributed by atoms with Gasteiger partial charge in [-0.1, -0.05) is 6.07 Å². The van der Waals surface area contributed by atoms with Crippen LogP contribution in [-0.4, -0.2) is 14.5 Å². The van der Waals surface area contributed by atoms with Crippen molar-refractivity contribution in [2.75, 3.05) is 0 Å². The molecule has 0 saturated heterocycles. The number of imidazole rings is 1. The standard InChI is InChI=1S/C16H18ClN3S/c1-10-4-5-14-13(8-10)19-16(12(3)17)20(14)7-6-15-18-11(2)9-21-15/h4-5,8-9,12H,6-7H2,1-3H3. The first kappa shape index (κ1) is 14.5. The zero-order valence-electron chi connectivity index (χ0n) is 12.4. The van der Waals surface area contributed by atoms with Crippen molar-refractivity contribution in [1.29, 1.82) is 0 Å². The predicted molar refractivity (Wildman–Crippen MR) is 89.3 cm³/mol. The van der Waals surface area contributed by atoms with Gasteiger partial charge in [-0.25, -0.2) is 9.97 Å². The van der Waals surface area contributed by atoms with Crippen LogP contribution in [0.2, 0.25) is 0 Å². The molecule has 0 aliphatic carbocycles. The highest BCUT2D eigenvalue weighted by Gasteiger charge is 2.15. The smallest absolute Gasteiger partial charge is 0.127 e. The van der Waals surface area contributed by atoms with E-state index in [0.717, 1.165) is 40.5 Å². The number of halogens is 1. The van der Waals surface area contributed by atoms with Crippen LogP contribution in [0.1, 0.15) is 34.4 Å². The zero-order valence-corrected chi connectivity index (χ0v) is 14.0. The van der Waals surface area contributed by atoms with Crippen LogP contribution in [0.15, 0.2) is 23.6 Å². The van der Waals surface area contributed by atoms with Gasteiger partial charge in [-0.05, 0) is 38.5 Å². The van der Waals surface area contributed by atoms with Crippen molar-refractivity contribution in [2.24, 2.45) is 0 Å². The summed E-state index contributed by atoms with van der Waals surface area (Å²) >= 11 is 8.02. The second-order valence-corrected chi connectivity index (χ2v) is 6.96. The molecule has 0 amide bonds. The van der Waals surface area contributed by atoms with Gasteiger partial charge in [-0.15, -0.1) is 22.9 Å². The number of hydrogen-bond acceptors (Lipinski definition) is 3. The number of alkyl halides is 1. The van der Waals surface area contributed by atoms with E-state index in [-0.39, 0.29) is 5.38 Å². The lowest BCUT2D eigenvalue weighted by Gasteiger charge is -2.09. The van der Waals surface area contributed by atoms with E-state index in [1.165, 1.54) is 5.56 Å². The lowest BCUT2D eigenvalue weighted by molar-refractivity contribution is 0.666. The normalized spacial score (nSPS) is 13.0. The van der Waals surface area contributed by atoms with Crippen molar-refractivity contribution in [3.8, 4) is 0 Å². The fraction of sp³-hybridized carbons (Fsp3) is 0.375. The molecule has 0 bridgehead atoms. The molecular weight excluding hydrogens is 302 g/mol. The van der Waals surface area contributed by atoms with E-state index in [9.17, 15) is 0 Å². The molecule has 2 heterocycles. The molecule has 0 radical (unpaired) electrons. The van der Waals surface area contributed by atoms with Crippen LogP contribution in [0.5, 0.6) is 0 Å². The average molecular weight is 320 g/mol. The minimum absolute atomic E-state index is 0.101. The summed E-state index contributed by atoms with van der Waals surface area (Å²) in [6.45, 7) is 6.95. The maximum atomic E-state index is 6.31. The number of thiazole rings is 1. The fourth-order valence-electron chi connectivity index (χ4n) is 2.52. The number of aryl methyl sites for hydroxylation is 4. The Morgan fingerprint density at radius 3 is 2.76 bits per heavy atom. The van der Waals surface area contributed by atoms with Gasteiger partial charge in [0.15, 0.2) is 0 Å². The van der Waals surface area contributed by atoms with Gasteiger partial charge >= 0.3 is 0 Å². The van der Waals surface area contributed by atoms with Gasteiger partial charge in [-0.2, -0.15) is 0 Å². The molecule has 0 saturated carbocycles. The van der Waals surface area contributed by atoms with Gasteiger partial charge in [0.1, 0.15) is 5.82 Å². The van der Waals surface area contributed by atoms with Crippen LogP contribution >= 0.6 is 22.9 Å². The highest BCUT2D eigenvalue weighted by atomic mass is 35.5. The minimum atomic E-state index is -0.101. The van der Waals surface area contributed by atoms with E-state index in [4.69, 9.17) is 16.6 Å². The SMILES string of the molecule is Cc1ccc2c(c1)nc(C(C)Cl)n2CCc1nc(C)cs1. The van der Waals surface area contributed by atoms with E-state index < -0.39 is 0 Å². The van der Waals surface area contributed by atoms with Crippen LogP contribution < -0.4 is 0 Å². The summed E-state index contributed by atoms with van der Waals surface area (Å²) in [5, 5.41) is 3.15. The average Bonchev–Trinajstić information content (AvgIpc) is 2.99. The summed E-state index contributed by atoms with van der Waals surface area (Å²) in [4.78, 5) is 9.24. The number of fused-ring (bicyclic) bond motifs is 1. The predicted octanol–water partition coefficient (Wildman–Crippen LogP) is 4.65. The monoisotopic (exact) mass is 319 g/mol. The van der Waals surface area contributed by atoms with Gasteiger partial charge in [0.2, 0.25) is 0 Å². The lowest BCUT2D eigenvalue weighted by Crippen LogP contribution is -2.06. The van der Waals surface area contributed by atoms with Gasteiger partial charge in [0, 0.05) is 24.0 Å². The summed E-state index contributed by atoms with van der Waals surface area (Å²) in [6, 6.07) is 6.37. The maximum Gasteiger partial charge on any atom is 0.127 e. The molecule has 3 aromatic rings. The molecule has 0 aliphatic heterocycles. The lowest BCUT2D eigenvalue weighted by atomic mass is 10.2. The van der Waals surface area contributed by atoms with Crippen molar-refractivity contribution in [3.63, 3.8) is 0 Å². The molecule has 110 valence electrons. The summed E-state index contributed by atoms with van der Waals surface area (Å²) in [6.07, 6.45) is 0.911. The number of nitrogens with zero attached hydrogens (tertiary/aromatic N) is 3. The highest BCUT2D eigenvalue weighted by molar-refractivity contribution is 7.09. The van der Waals surface area contributed by atoms with Crippen molar-refractivity contribution >= 4 is 34.0 Å². The molecule has 0 aliphatic rings. The quantitative estimate of drug-likeness (QED) is 0.655. The molecule has 5 heteroatoms. The third kappa shape index (κ3) is 2.97. The molecule has 1 aromatic carbocycles. The van der Waals surface area contributed by atoms with Gasteiger partial charge in [-0.3, -0.25) is 0 Å². The molecule has 3 nitrogen and oxygen atoms in total. The molecule has 0 spiro atoms. The summed E-state index contributed by atoms with van der Waals surface area (Å²) in [7, 11) is 0. The van der Waals surface area contributed by atoms with Gasteiger partial charge in [0.25, 0.3) is 0 Å². The first-order valence-corrected chi connectivity index (χ1v) is 8.38. The van der Waals surface area contributed by atoms with E-state index in [1.54, 1.807) is 11.3 Å². The molecule has 2 aromatic heterocycles. The van der Waals surface area contributed by atoms with Crippen LogP contribution in [0.25, 0.3) is 11.0 Å². The number of hydrogen-bond donors (Lipinski definition) is 0. The number of aromatic nitrogens is 3. The van der Waals surface area contributed by atoms with Gasteiger partial charge in [0.05, 0.1) is 21.4 Å². The molecule has 3 rings (SSSR count). The Morgan fingerprint density at radius 2 is 2.10 bits per heavy atom.